The Balaban J connectivity index is 2.03. The van der Waals surface area contributed by atoms with E-state index in [1.165, 1.54) is 43.4 Å². The van der Waals surface area contributed by atoms with Crippen LogP contribution in [0, 0.1) is 5.82 Å². The fourth-order valence-corrected chi connectivity index (χ4v) is 2.23. The molecule has 3 heteroatoms. The molecule has 0 aromatic heterocycles. The fraction of sp³-hybridized carbons (Fsp3) is 0.647. The molecule has 2 nitrogen and oxygen atoms in total. The zero-order valence-electron chi connectivity index (χ0n) is 13.2. The van der Waals surface area contributed by atoms with Gasteiger partial charge in [0, 0.05) is 12.6 Å². The van der Waals surface area contributed by atoms with Crippen LogP contribution >= 0.6 is 0 Å². The van der Waals surface area contributed by atoms with Crippen molar-refractivity contribution in [1.82, 2.24) is 10.2 Å². The van der Waals surface area contributed by atoms with Crippen molar-refractivity contribution in [3.63, 3.8) is 0 Å². The summed E-state index contributed by atoms with van der Waals surface area (Å²) in [5.41, 5.74) is 1.18. The van der Waals surface area contributed by atoms with Gasteiger partial charge in [0.25, 0.3) is 0 Å². The maximum absolute atomic E-state index is 12.8. The molecule has 1 rings (SSSR count). The van der Waals surface area contributed by atoms with Crippen molar-refractivity contribution in [3.8, 4) is 0 Å². The number of rotatable bonds is 10. The quantitative estimate of drug-likeness (QED) is 0.656. The minimum Gasteiger partial charge on any atom is -0.315 e. The first-order valence-electron chi connectivity index (χ1n) is 7.74. The first kappa shape index (κ1) is 17.1. The lowest BCUT2D eigenvalue weighted by Crippen LogP contribution is -2.23. The highest BCUT2D eigenvalue weighted by Crippen LogP contribution is 2.07. The second kappa shape index (κ2) is 9.89. The van der Waals surface area contributed by atoms with E-state index in [9.17, 15) is 4.39 Å². The summed E-state index contributed by atoms with van der Waals surface area (Å²) in [7, 11) is 2.13. The summed E-state index contributed by atoms with van der Waals surface area (Å²) in [4.78, 5) is 2.31. The summed E-state index contributed by atoms with van der Waals surface area (Å²) in [5, 5.41) is 3.44. The molecule has 20 heavy (non-hydrogen) atoms. The lowest BCUT2D eigenvalue weighted by Gasteiger charge is -2.16. The number of hydrogen-bond acceptors (Lipinski definition) is 2. The highest BCUT2D eigenvalue weighted by atomic mass is 19.1. The zero-order chi connectivity index (χ0) is 14.8. The van der Waals surface area contributed by atoms with Crippen molar-refractivity contribution in [2.45, 2.75) is 52.1 Å². The van der Waals surface area contributed by atoms with E-state index in [0.29, 0.717) is 6.04 Å². The van der Waals surface area contributed by atoms with Crippen LogP contribution in [0.25, 0.3) is 0 Å². The number of nitrogens with one attached hydrogen (secondary N) is 1. The van der Waals surface area contributed by atoms with Gasteiger partial charge in [-0.1, -0.05) is 38.8 Å². The predicted molar refractivity (Wildman–Crippen MR) is 84.3 cm³/mol. The van der Waals surface area contributed by atoms with Gasteiger partial charge in [-0.05, 0) is 50.7 Å². The Morgan fingerprint density at radius 3 is 2.35 bits per heavy atom. The third-order valence-corrected chi connectivity index (χ3v) is 3.38. The topological polar surface area (TPSA) is 15.3 Å². The predicted octanol–water partition coefficient (Wildman–Crippen LogP) is 3.82. The monoisotopic (exact) mass is 280 g/mol. The summed E-state index contributed by atoms with van der Waals surface area (Å²) < 4.78 is 12.8. The van der Waals surface area contributed by atoms with Crippen molar-refractivity contribution in [2.75, 3.05) is 20.1 Å². The van der Waals surface area contributed by atoms with Gasteiger partial charge in [0.1, 0.15) is 5.82 Å². The smallest absolute Gasteiger partial charge is 0.123 e. The highest BCUT2D eigenvalue weighted by Gasteiger charge is 2.01. The van der Waals surface area contributed by atoms with Crippen molar-refractivity contribution < 1.29 is 4.39 Å². The van der Waals surface area contributed by atoms with E-state index in [1.807, 2.05) is 12.1 Å². The average molecular weight is 280 g/mol. The van der Waals surface area contributed by atoms with Gasteiger partial charge >= 0.3 is 0 Å². The van der Waals surface area contributed by atoms with Gasteiger partial charge in [-0.15, -0.1) is 0 Å². The van der Waals surface area contributed by atoms with Gasteiger partial charge in [-0.25, -0.2) is 4.39 Å². The molecule has 1 aromatic rings. The van der Waals surface area contributed by atoms with Gasteiger partial charge in [-0.2, -0.15) is 0 Å². The first-order chi connectivity index (χ1) is 9.58. The average Bonchev–Trinajstić information content (AvgIpc) is 2.40. The van der Waals surface area contributed by atoms with Crippen molar-refractivity contribution >= 4 is 0 Å². The van der Waals surface area contributed by atoms with E-state index >= 15 is 0 Å². The van der Waals surface area contributed by atoms with Crippen LogP contribution in [0.15, 0.2) is 24.3 Å². The molecule has 0 aliphatic heterocycles. The molecule has 0 aliphatic rings. The maximum Gasteiger partial charge on any atom is 0.123 e. The molecule has 0 unspecified atom stereocenters. The molecule has 0 saturated carbocycles. The van der Waals surface area contributed by atoms with Gasteiger partial charge in [0.2, 0.25) is 0 Å². The molecular weight excluding hydrogens is 251 g/mol. The second-order valence-corrected chi connectivity index (χ2v) is 5.89. The Morgan fingerprint density at radius 2 is 1.70 bits per heavy atom. The molecule has 0 heterocycles. The van der Waals surface area contributed by atoms with Gasteiger partial charge in [0.05, 0.1) is 0 Å². The molecule has 114 valence electrons. The molecule has 0 fully saturated rings. The van der Waals surface area contributed by atoms with Gasteiger partial charge < -0.3 is 10.2 Å². The molecule has 1 N–H and O–H groups in total. The van der Waals surface area contributed by atoms with Gasteiger partial charge in [0.15, 0.2) is 0 Å². The lowest BCUT2D eigenvalue weighted by atomic mass is 10.1. The zero-order valence-corrected chi connectivity index (χ0v) is 13.2. The molecule has 0 aliphatic carbocycles. The first-order valence-corrected chi connectivity index (χ1v) is 7.74. The summed E-state index contributed by atoms with van der Waals surface area (Å²) in [6.45, 7) is 7.50. The summed E-state index contributed by atoms with van der Waals surface area (Å²) in [5.74, 6) is -0.161. The maximum atomic E-state index is 12.8. The summed E-state index contributed by atoms with van der Waals surface area (Å²) in [6.07, 6.45) is 5.08. The van der Waals surface area contributed by atoms with Crippen LogP contribution in [0.2, 0.25) is 0 Å². The Bertz CT molecular complexity index is 349. The Kier molecular flexibility index (Phi) is 8.47. The summed E-state index contributed by atoms with van der Waals surface area (Å²) in [6, 6.07) is 7.39. The van der Waals surface area contributed by atoms with Crippen molar-refractivity contribution in [1.29, 1.82) is 0 Å². The third-order valence-electron chi connectivity index (χ3n) is 3.38. The molecular formula is C17H29FN2. The van der Waals surface area contributed by atoms with Crippen LogP contribution in [0.3, 0.4) is 0 Å². The number of unbranched alkanes of at least 4 members (excludes halogenated alkanes) is 3. The molecule has 0 saturated heterocycles. The van der Waals surface area contributed by atoms with Crippen LogP contribution in [0.5, 0.6) is 0 Å². The molecule has 0 amide bonds. The second-order valence-electron chi connectivity index (χ2n) is 5.89. The number of halogens is 1. The standard InChI is InChI=1S/C17H29FN2/c1-15(2)19-12-6-4-5-7-13-20(3)14-16-8-10-17(18)11-9-16/h8-11,15,19H,4-7,12-14H2,1-3H3. The Hall–Kier alpha value is -0.930. The molecule has 0 bridgehead atoms. The van der Waals surface area contributed by atoms with E-state index in [1.54, 1.807) is 0 Å². The largest absolute Gasteiger partial charge is 0.315 e. The number of hydrogen-bond donors (Lipinski definition) is 1. The van der Waals surface area contributed by atoms with Crippen LogP contribution in [0.4, 0.5) is 4.39 Å². The minimum absolute atomic E-state index is 0.161. The Morgan fingerprint density at radius 1 is 1.05 bits per heavy atom. The van der Waals surface area contributed by atoms with Crippen molar-refractivity contribution in [2.24, 2.45) is 0 Å². The molecule has 0 radical (unpaired) electrons. The van der Waals surface area contributed by atoms with E-state index in [2.05, 4.69) is 31.1 Å². The molecule has 0 spiro atoms. The van der Waals surface area contributed by atoms with Crippen LogP contribution in [0.1, 0.15) is 45.1 Å². The van der Waals surface area contributed by atoms with E-state index in [-0.39, 0.29) is 5.82 Å². The van der Waals surface area contributed by atoms with E-state index in [0.717, 1.165) is 19.6 Å². The van der Waals surface area contributed by atoms with Crippen LogP contribution < -0.4 is 5.32 Å². The minimum atomic E-state index is -0.161. The van der Waals surface area contributed by atoms with E-state index < -0.39 is 0 Å². The molecule has 0 atom stereocenters. The normalized spacial score (nSPS) is 11.5. The Labute approximate surface area is 123 Å². The summed E-state index contributed by atoms with van der Waals surface area (Å²) >= 11 is 0. The third kappa shape index (κ3) is 8.28. The van der Waals surface area contributed by atoms with Crippen LogP contribution in [-0.4, -0.2) is 31.1 Å². The van der Waals surface area contributed by atoms with Crippen LogP contribution in [-0.2, 0) is 6.54 Å². The fourth-order valence-electron chi connectivity index (χ4n) is 2.23. The SMILES string of the molecule is CC(C)NCCCCCCN(C)Cc1ccc(F)cc1. The molecule has 1 aromatic carbocycles. The van der Waals surface area contributed by atoms with E-state index in [4.69, 9.17) is 0 Å². The number of nitrogens with zero attached hydrogens (tertiary/aromatic N) is 1. The number of benzene rings is 1. The van der Waals surface area contributed by atoms with Gasteiger partial charge in [-0.3, -0.25) is 0 Å². The van der Waals surface area contributed by atoms with Crippen molar-refractivity contribution in [3.05, 3.63) is 35.6 Å². The highest BCUT2D eigenvalue weighted by molar-refractivity contribution is 5.15. The lowest BCUT2D eigenvalue weighted by molar-refractivity contribution is 0.316.